The van der Waals surface area contributed by atoms with Gasteiger partial charge in [0.2, 0.25) is 0 Å². The number of para-hydroxylation sites is 1. The molecule has 27 heavy (non-hydrogen) atoms. The molecule has 2 aromatic heterocycles. The number of fused-ring (bicyclic) bond motifs is 2. The topological polar surface area (TPSA) is 70.8 Å². The largest absolute Gasteiger partial charge is 0.399 e. The zero-order chi connectivity index (χ0) is 18.2. The van der Waals surface area contributed by atoms with Crippen molar-refractivity contribution in [2.45, 2.75) is 19.5 Å². The number of H-pyrrole nitrogens is 1. The predicted molar refractivity (Wildman–Crippen MR) is 108 cm³/mol. The van der Waals surface area contributed by atoms with E-state index in [0.29, 0.717) is 0 Å². The lowest BCUT2D eigenvalue weighted by atomic mass is 10.1. The van der Waals surface area contributed by atoms with Crippen LogP contribution in [0.3, 0.4) is 0 Å². The summed E-state index contributed by atoms with van der Waals surface area (Å²) in [5.41, 5.74) is 12.5. The van der Waals surface area contributed by atoms with Crippen LogP contribution in [-0.4, -0.2) is 26.4 Å². The SMILES string of the molecule is Nc1ccc(-c2ncc3c(n2)CCN(Cc2c[nH]c4ccccc24)C3)cc1. The number of benzene rings is 2. The van der Waals surface area contributed by atoms with Gasteiger partial charge in [0.1, 0.15) is 0 Å². The van der Waals surface area contributed by atoms with E-state index in [1.54, 1.807) is 0 Å². The maximum atomic E-state index is 5.77. The van der Waals surface area contributed by atoms with E-state index < -0.39 is 0 Å². The van der Waals surface area contributed by atoms with Gasteiger partial charge in [-0.15, -0.1) is 0 Å². The van der Waals surface area contributed by atoms with Crippen molar-refractivity contribution in [1.82, 2.24) is 19.9 Å². The zero-order valence-electron chi connectivity index (χ0n) is 15.0. The minimum atomic E-state index is 0.754. The molecule has 0 radical (unpaired) electrons. The number of hydrogen-bond acceptors (Lipinski definition) is 4. The van der Waals surface area contributed by atoms with Crippen LogP contribution >= 0.6 is 0 Å². The predicted octanol–water partition coefficient (Wildman–Crippen LogP) is 3.77. The molecule has 0 saturated carbocycles. The number of nitrogens with two attached hydrogens (primary N) is 1. The van der Waals surface area contributed by atoms with E-state index in [0.717, 1.165) is 48.8 Å². The molecule has 1 aliphatic rings. The van der Waals surface area contributed by atoms with Gasteiger partial charge >= 0.3 is 0 Å². The molecule has 0 saturated heterocycles. The molecule has 5 heteroatoms. The Morgan fingerprint density at radius 2 is 1.93 bits per heavy atom. The summed E-state index contributed by atoms with van der Waals surface area (Å²) >= 11 is 0. The molecule has 0 spiro atoms. The Kier molecular flexibility index (Phi) is 3.87. The lowest BCUT2D eigenvalue weighted by molar-refractivity contribution is 0.244. The Morgan fingerprint density at radius 1 is 1.07 bits per heavy atom. The van der Waals surface area contributed by atoms with Crippen LogP contribution in [0.1, 0.15) is 16.8 Å². The summed E-state index contributed by atoms with van der Waals surface area (Å²) in [6.07, 6.45) is 5.05. The average Bonchev–Trinajstić information content (AvgIpc) is 3.11. The summed E-state index contributed by atoms with van der Waals surface area (Å²) in [7, 11) is 0. The third-order valence-corrected chi connectivity index (χ3v) is 5.25. The maximum Gasteiger partial charge on any atom is 0.159 e. The van der Waals surface area contributed by atoms with E-state index in [4.69, 9.17) is 10.7 Å². The molecule has 4 aromatic rings. The Balaban J connectivity index is 1.36. The van der Waals surface area contributed by atoms with Crippen LogP contribution in [0.5, 0.6) is 0 Å². The standard InChI is InChI=1S/C22H21N5/c23-18-7-5-15(6-8-18)22-25-12-17-14-27(10-9-20(17)26-22)13-16-11-24-21-4-2-1-3-19(16)21/h1-8,11-12,24H,9-10,13-14,23H2. The van der Waals surface area contributed by atoms with E-state index in [1.807, 2.05) is 30.5 Å². The lowest BCUT2D eigenvalue weighted by Crippen LogP contribution is -2.30. The van der Waals surface area contributed by atoms with Gasteiger partial charge < -0.3 is 10.7 Å². The number of hydrogen-bond donors (Lipinski definition) is 2. The molecular weight excluding hydrogens is 334 g/mol. The molecule has 0 bridgehead atoms. The van der Waals surface area contributed by atoms with E-state index in [-0.39, 0.29) is 0 Å². The Morgan fingerprint density at radius 3 is 2.81 bits per heavy atom. The van der Waals surface area contributed by atoms with Crippen LogP contribution in [0.4, 0.5) is 5.69 Å². The molecule has 0 fully saturated rings. The molecule has 1 aliphatic heterocycles. The molecule has 0 amide bonds. The molecule has 3 heterocycles. The van der Waals surface area contributed by atoms with Gasteiger partial charge in [-0.05, 0) is 35.9 Å². The average molecular weight is 355 g/mol. The summed E-state index contributed by atoms with van der Waals surface area (Å²) in [6, 6.07) is 16.2. The first-order chi connectivity index (χ1) is 13.3. The molecule has 0 aliphatic carbocycles. The second-order valence-corrected chi connectivity index (χ2v) is 7.11. The van der Waals surface area contributed by atoms with Crippen molar-refractivity contribution in [3.8, 4) is 11.4 Å². The van der Waals surface area contributed by atoms with Crippen molar-refractivity contribution in [3.05, 3.63) is 77.7 Å². The third-order valence-electron chi connectivity index (χ3n) is 5.25. The minimum absolute atomic E-state index is 0.754. The summed E-state index contributed by atoms with van der Waals surface area (Å²) in [4.78, 5) is 15.2. The second-order valence-electron chi connectivity index (χ2n) is 7.11. The van der Waals surface area contributed by atoms with Crippen LogP contribution < -0.4 is 5.73 Å². The van der Waals surface area contributed by atoms with Crippen molar-refractivity contribution >= 4 is 16.6 Å². The number of nitrogen functional groups attached to an aromatic ring is 1. The number of nitrogens with zero attached hydrogens (tertiary/aromatic N) is 3. The first-order valence-corrected chi connectivity index (χ1v) is 9.24. The van der Waals surface area contributed by atoms with Gasteiger partial charge in [0.25, 0.3) is 0 Å². The van der Waals surface area contributed by atoms with Crippen LogP contribution in [0.15, 0.2) is 60.9 Å². The molecule has 0 unspecified atom stereocenters. The van der Waals surface area contributed by atoms with Crippen molar-refractivity contribution in [3.63, 3.8) is 0 Å². The van der Waals surface area contributed by atoms with E-state index in [1.165, 1.54) is 22.0 Å². The highest BCUT2D eigenvalue weighted by molar-refractivity contribution is 5.82. The summed E-state index contributed by atoms with van der Waals surface area (Å²) < 4.78 is 0. The van der Waals surface area contributed by atoms with Crippen molar-refractivity contribution < 1.29 is 0 Å². The molecule has 5 rings (SSSR count). The number of aromatic nitrogens is 3. The molecule has 134 valence electrons. The number of rotatable bonds is 3. The highest BCUT2D eigenvalue weighted by atomic mass is 15.1. The fourth-order valence-electron chi connectivity index (χ4n) is 3.78. The first-order valence-electron chi connectivity index (χ1n) is 9.24. The third kappa shape index (κ3) is 3.06. The summed E-state index contributed by atoms with van der Waals surface area (Å²) in [5.74, 6) is 0.777. The quantitative estimate of drug-likeness (QED) is 0.549. The monoisotopic (exact) mass is 355 g/mol. The van der Waals surface area contributed by atoms with Gasteiger partial charge in [-0.3, -0.25) is 4.90 Å². The van der Waals surface area contributed by atoms with E-state index in [9.17, 15) is 0 Å². The van der Waals surface area contributed by atoms with Crippen molar-refractivity contribution in [2.24, 2.45) is 0 Å². The van der Waals surface area contributed by atoms with Crippen molar-refractivity contribution in [1.29, 1.82) is 0 Å². The smallest absolute Gasteiger partial charge is 0.159 e. The van der Waals surface area contributed by atoms with Gasteiger partial charge in [0.15, 0.2) is 5.82 Å². The zero-order valence-corrected chi connectivity index (χ0v) is 15.0. The number of anilines is 1. The van der Waals surface area contributed by atoms with E-state index in [2.05, 4.69) is 45.3 Å². The van der Waals surface area contributed by atoms with Crippen LogP contribution in [-0.2, 0) is 19.5 Å². The maximum absolute atomic E-state index is 5.77. The number of aromatic amines is 1. The Labute approximate surface area is 157 Å². The fourth-order valence-corrected chi connectivity index (χ4v) is 3.78. The molecule has 3 N–H and O–H groups in total. The summed E-state index contributed by atoms with van der Waals surface area (Å²) in [6.45, 7) is 2.82. The van der Waals surface area contributed by atoms with Crippen LogP contribution in [0.25, 0.3) is 22.3 Å². The molecule has 2 aromatic carbocycles. The highest BCUT2D eigenvalue weighted by Gasteiger charge is 2.19. The fraction of sp³-hybridized carbons (Fsp3) is 0.182. The molecule has 0 atom stereocenters. The first kappa shape index (κ1) is 16.0. The highest BCUT2D eigenvalue weighted by Crippen LogP contribution is 2.25. The Hall–Kier alpha value is -3.18. The normalized spacial score (nSPS) is 14.4. The molecular formula is C22H21N5. The molecule has 5 nitrogen and oxygen atoms in total. The van der Waals surface area contributed by atoms with Gasteiger partial charge in [0.05, 0.1) is 5.69 Å². The van der Waals surface area contributed by atoms with Crippen LogP contribution in [0, 0.1) is 0 Å². The van der Waals surface area contributed by atoms with Crippen LogP contribution in [0.2, 0.25) is 0 Å². The minimum Gasteiger partial charge on any atom is -0.399 e. The van der Waals surface area contributed by atoms with Gasteiger partial charge in [0, 0.05) is 66.2 Å². The number of nitrogens with one attached hydrogen (secondary N) is 1. The lowest BCUT2D eigenvalue weighted by Gasteiger charge is -2.27. The van der Waals surface area contributed by atoms with Gasteiger partial charge in [-0.2, -0.15) is 0 Å². The van der Waals surface area contributed by atoms with Gasteiger partial charge in [-0.1, -0.05) is 18.2 Å². The second kappa shape index (κ2) is 6.52. The van der Waals surface area contributed by atoms with Gasteiger partial charge in [-0.25, -0.2) is 9.97 Å². The van der Waals surface area contributed by atoms with Crippen molar-refractivity contribution in [2.75, 3.05) is 12.3 Å². The summed E-state index contributed by atoms with van der Waals surface area (Å²) in [5, 5.41) is 1.30. The Bertz CT molecular complexity index is 1100. The van der Waals surface area contributed by atoms with E-state index >= 15 is 0 Å².